The Morgan fingerprint density at radius 1 is 1.22 bits per heavy atom. The van der Waals surface area contributed by atoms with Crippen LogP contribution in [0.4, 0.5) is 0 Å². The molecule has 18 heavy (non-hydrogen) atoms. The lowest BCUT2D eigenvalue weighted by Gasteiger charge is -2.02. The molecule has 0 aliphatic rings. The average molecular weight is 304 g/mol. The van der Waals surface area contributed by atoms with Crippen molar-refractivity contribution in [2.45, 2.75) is 29.8 Å². The maximum absolute atomic E-state index is 5.80. The van der Waals surface area contributed by atoms with Crippen LogP contribution in [0.15, 0.2) is 9.50 Å². The molecule has 6 nitrogen and oxygen atoms in total. The van der Waals surface area contributed by atoms with Gasteiger partial charge in [-0.3, -0.25) is 0 Å². The average Bonchev–Trinajstić information content (AvgIpc) is 2.76. The fraction of sp³-hybridized carbons (Fsp3) is 0.444. The van der Waals surface area contributed by atoms with Crippen molar-refractivity contribution in [2.24, 2.45) is 0 Å². The zero-order chi connectivity index (χ0) is 13.0. The summed E-state index contributed by atoms with van der Waals surface area (Å²) in [5.41, 5.74) is 0. The maximum atomic E-state index is 5.80. The molecule has 0 N–H and O–H groups in total. The largest absolute Gasteiger partial charge is 0.464 e. The Hall–Kier alpha value is -0.990. The quantitative estimate of drug-likeness (QED) is 0.840. The van der Waals surface area contributed by atoms with Gasteiger partial charge in [0.1, 0.15) is 5.82 Å². The maximum Gasteiger partial charge on any atom is 0.321 e. The Morgan fingerprint density at radius 2 is 2.06 bits per heavy atom. The number of hydrogen-bond donors (Lipinski definition) is 0. The lowest BCUT2D eigenvalue weighted by molar-refractivity contribution is 0.307. The van der Waals surface area contributed by atoms with Crippen molar-refractivity contribution in [3.8, 4) is 6.01 Å². The second-order valence-corrected chi connectivity index (χ2v) is 5.34. The summed E-state index contributed by atoms with van der Waals surface area (Å²) in [5.74, 6) is 0.813. The Bertz CT molecular complexity index is 535. The molecule has 0 aromatic carbocycles. The summed E-state index contributed by atoms with van der Waals surface area (Å²) in [4.78, 5) is 16.3. The SMILES string of the molecule is CCOc1nc(Cl)nc(Sc2nc(CC)ns2)n1. The highest BCUT2D eigenvalue weighted by Gasteiger charge is 2.10. The second-order valence-electron chi connectivity index (χ2n) is 3.03. The van der Waals surface area contributed by atoms with E-state index in [0.717, 1.165) is 16.6 Å². The molecule has 2 heterocycles. The van der Waals surface area contributed by atoms with Crippen LogP contribution in [0, 0.1) is 0 Å². The lowest BCUT2D eigenvalue weighted by atomic mass is 10.5. The highest BCUT2D eigenvalue weighted by molar-refractivity contribution is 8.00. The fourth-order valence-electron chi connectivity index (χ4n) is 1.06. The summed E-state index contributed by atoms with van der Waals surface area (Å²) in [7, 11) is 0. The van der Waals surface area contributed by atoms with E-state index in [9.17, 15) is 0 Å². The molecule has 0 fully saturated rings. The molecule has 96 valence electrons. The highest BCUT2D eigenvalue weighted by Crippen LogP contribution is 2.27. The summed E-state index contributed by atoms with van der Waals surface area (Å²) in [6.07, 6.45) is 0.805. The predicted octanol–water partition coefficient (Wildman–Crippen LogP) is 2.49. The summed E-state index contributed by atoms with van der Waals surface area (Å²) < 4.78 is 10.2. The van der Waals surface area contributed by atoms with Crippen LogP contribution < -0.4 is 4.74 Å². The lowest BCUT2D eigenvalue weighted by Crippen LogP contribution is -2.00. The molecular formula is C9H10ClN5OS2. The first kappa shape index (κ1) is 13.4. The van der Waals surface area contributed by atoms with Gasteiger partial charge in [0, 0.05) is 6.42 Å². The second kappa shape index (κ2) is 6.26. The van der Waals surface area contributed by atoms with E-state index in [-0.39, 0.29) is 11.3 Å². The summed E-state index contributed by atoms with van der Waals surface area (Å²) in [6, 6.07) is 0.222. The van der Waals surface area contributed by atoms with Crippen molar-refractivity contribution < 1.29 is 4.74 Å². The number of halogens is 1. The first-order valence-electron chi connectivity index (χ1n) is 5.26. The molecule has 0 radical (unpaired) electrons. The number of hydrogen-bond acceptors (Lipinski definition) is 8. The van der Waals surface area contributed by atoms with E-state index in [0.29, 0.717) is 11.8 Å². The zero-order valence-corrected chi connectivity index (χ0v) is 12.1. The van der Waals surface area contributed by atoms with Gasteiger partial charge in [-0.2, -0.15) is 19.3 Å². The molecule has 0 saturated carbocycles. The predicted molar refractivity (Wildman–Crippen MR) is 69.4 cm³/mol. The van der Waals surface area contributed by atoms with Crippen molar-refractivity contribution in [1.82, 2.24) is 24.3 Å². The van der Waals surface area contributed by atoms with Crippen LogP contribution in [0.5, 0.6) is 6.01 Å². The van der Waals surface area contributed by atoms with Gasteiger partial charge < -0.3 is 4.74 Å². The first-order chi connectivity index (χ1) is 8.71. The Morgan fingerprint density at radius 3 is 2.72 bits per heavy atom. The van der Waals surface area contributed by atoms with Gasteiger partial charge in [0.15, 0.2) is 4.34 Å². The summed E-state index contributed by atoms with van der Waals surface area (Å²) >= 11 is 8.40. The van der Waals surface area contributed by atoms with Gasteiger partial charge in [0.25, 0.3) is 0 Å². The van der Waals surface area contributed by atoms with E-state index in [1.807, 2.05) is 13.8 Å². The normalized spacial score (nSPS) is 10.6. The van der Waals surface area contributed by atoms with Crippen LogP contribution in [0.25, 0.3) is 0 Å². The van der Waals surface area contributed by atoms with E-state index in [1.165, 1.54) is 23.3 Å². The molecule has 0 aliphatic carbocycles. The molecule has 0 saturated heterocycles. The van der Waals surface area contributed by atoms with E-state index in [2.05, 4.69) is 24.3 Å². The number of aromatic nitrogens is 5. The van der Waals surface area contributed by atoms with Crippen molar-refractivity contribution >= 4 is 34.9 Å². The third kappa shape index (κ3) is 3.50. The van der Waals surface area contributed by atoms with Crippen LogP contribution in [0.2, 0.25) is 5.28 Å². The third-order valence-electron chi connectivity index (χ3n) is 1.78. The first-order valence-corrected chi connectivity index (χ1v) is 7.22. The smallest absolute Gasteiger partial charge is 0.321 e. The standard InChI is InChI=1S/C9H10ClN5OS2/c1-3-5-11-9(18-15-5)17-8-13-6(10)12-7(14-8)16-4-2/h3-4H2,1-2H3. The molecule has 0 spiro atoms. The molecule has 0 amide bonds. The molecule has 0 aliphatic heterocycles. The van der Waals surface area contributed by atoms with Crippen molar-refractivity contribution in [2.75, 3.05) is 6.61 Å². The Kier molecular flexibility index (Phi) is 4.67. The van der Waals surface area contributed by atoms with Crippen LogP contribution in [-0.4, -0.2) is 30.9 Å². The summed E-state index contributed by atoms with van der Waals surface area (Å²) in [5, 5.41) is 0.563. The van der Waals surface area contributed by atoms with Crippen molar-refractivity contribution in [3.05, 3.63) is 11.1 Å². The van der Waals surface area contributed by atoms with Crippen LogP contribution >= 0.6 is 34.9 Å². The minimum Gasteiger partial charge on any atom is -0.464 e. The van der Waals surface area contributed by atoms with Crippen LogP contribution in [-0.2, 0) is 6.42 Å². The minimum absolute atomic E-state index is 0.108. The Balaban J connectivity index is 2.17. The van der Waals surface area contributed by atoms with Crippen molar-refractivity contribution in [1.29, 1.82) is 0 Å². The van der Waals surface area contributed by atoms with Gasteiger partial charge in [-0.25, -0.2) is 4.98 Å². The van der Waals surface area contributed by atoms with Gasteiger partial charge >= 0.3 is 6.01 Å². The molecule has 9 heteroatoms. The Labute approximate surface area is 117 Å². The van der Waals surface area contributed by atoms with Gasteiger partial charge in [0.05, 0.1) is 6.61 Å². The fourth-order valence-corrected chi connectivity index (χ4v) is 2.80. The topological polar surface area (TPSA) is 73.7 Å². The number of ether oxygens (including phenoxy) is 1. The molecular weight excluding hydrogens is 294 g/mol. The highest BCUT2D eigenvalue weighted by atomic mass is 35.5. The third-order valence-corrected chi connectivity index (χ3v) is 3.61. The van der Waals surface area contributed by atoms with Crippen molar-refractivity contribution in [3.63, 3.8) is 0 Å². The van der Waals surface area contributed by atoms with E-state index in [4.69, 9.17) is 16.3 Å². The molecule has 0 unspecified atom stereocenters. The van der Waals surface area contributed by atoms with Gasteiger partial charge in [0.2, 0.25) is 10.4 Å². The van der Waals surface area contributed by atoms with E-state index >= 15 is 0 Å². The van der Waals surface area contributed by atoms with Gasteiger partial charge in [-0.15, -0.1) is 0 Å². The monoisotopic (exact) mass is 303 g/mol. The van der Waals surface area contributed by atoms with E-state index in [1.54, 1.807) is 0 Å². The molecule has 2 aromatic heterocycles. The molecule has 2 rings (SSSR count). The number of nitrogens with zero attached hydrogens (tertiary/aromatic N) is 5. The number of rotatable bonds is 5. The van der Waals surface area contributed by atoms with Gasteiger partial charge in [-0.1, -0.05) is 6.92 Å². The van der Waals surface area contributed by atoms with E-state index < -0.39 is 0 Å². The molecule has 0 atom stereocenters. The molecule has 2 aromatic rings. The molecule has 0 bridgehead atoms. The zero-order valence-electron chi connectivity index (χ0n) is 9.75. The minimum atomic E-state index is 0.108. The van der Waals surface area contributed by atoms with Gasteiger partial charge in [-0.05, 0) is 41.8 Å². The van der Waals surface area contributed by atoms with Crippen LogP contribution in [0.1, 0.15) is 19.7 Å². The van der Waals surface area contributed by atoms with Crippen LogP contribution in [0.3, 0.4) is 0 Å². The number of aryl methyl sites for hydroxylation is 1. The summed E-state index contributed by atoms with van der Waals surface area (Å²) in [6.45, 7) is 4.33.